The fourth-order valence-corrected chi connectivity index (χ4v) is 0. The molecule has 0 spiro atoms. The van der Waals surface area contributed by atoms with E-state index in [2.05, 4.69) is 0 Å². The van der Waals surface area contributed by atoms with Crippen molar-refractivity contribution in [1.29, 1.82) is 0 Å². The molecule has 1 radical (unpaired) electrons. The first-order chi connectivity index (χ1) is 0. The van der Waals surface area contributed by atoms with E-state index < -0.39 is 0 Å². The molecule has 0 aromatic carbocycles. The van der Waals surface area contributed by atoms with Crippen molar-refractivity contribution in [2.24, 2.45) is 0 Å². The Kier molecular flexibility index (Phi) is 108000000. The minimum atomic E-state index is 0. The summed E-state index contributed by atoms with van der Waals surface area (Å²) in [6.45, 7) is 0. The fourth-order valence-electron chi connectivity index (χ4n) is 0. The zero-order valence-corrected chi connectivity index (χ0v) is 6.37. The average molecular weight is 199 g/mol. The summed E-state index contributed by atoms with van der Waals surface area (Å²) in [5, 5.41) is 0. The van der Waals surface area contributed by atoms with Gasteiger partial charge in [-0.15, -0.1) is 0 Å². The van der Waals surface area contributed by atoms with Crippen LogP contribution in [0.15, 0.2) is 0 Å². The maximum absolute atomic E-state index is 0. The van der Waals surface area contributed by atoms with Crippen LogP contribution in [0.4, 0.5) is 0 Å². The van der Waals surface area contributed by atoms with Crippen LogP contribution in [-0.4, -0.2) is 0 Å². The Morgan fingerprint density at radius 3 is 0.333 bits per heavy atom. The van der Waals surface area contributed by atoms with E-state index in [-0.39, 0.29) is 63.1 Å². The summed E-state index contributed by atoms with van der Waals surface area (Å²) in [5.74, 6) is 0. The van der Waals surface area contributed by atoms with E-state index in [9.17, 15) is 0 Å². The van der Waals surface area contributed by atoms with E-state index in [4.69, 9.17) is 0 Å². The Morgan fingerprint density at radius 2 is 0.333 bits per heavy atom. The molecule has 0 aliphatic rings. The molecular formula is H18CoF2N6. The minimum absolute atomic E-state index is 0. The second-order valence-corrected chi connectivity index (χ2v) is 0. The Balaban J connectivity index is 0. The molecule has 0 aromatic heterocycles. The van der Waals surface area contributed by atoms with Gasteiger partial charge in [0.05, 0.1) is 0 Å². The van der Waals surface area contributed by atoms with Crippen molar-refractivity contribution in [3.63, 3.8) is 0 Å². The molecule has 18 N–H and O–H groups in total. The van der Waals surface area contributed by atoms with E-state index in [1.165, 1.54) is 0 Å². The van der Waals surface area contributed by atoms with E-state index in [0.717, 1.165) is 0 Å². The van der Waals surface area contributed by atoms with Gasteiger partial charge in [-0.2, -0.15) is 0 Å². The zero-order valence-electron chi connectivity index (χ0n) is 5.33. The maximum Gasteiger partial charge on any atom is 2.00 e. The van der Waals surface area contributed by atoms with Crippen molar-refractivity contribution in [2.75, 3.05) is 0 Å². The van der Waals surface area contributed by atoms with Crippen LogP contribution in [0.3, 0.4) is 0 Å². The molecule has 0 unspecified atom stereocenters. The smallest absolute Gasteiger partial charge is 1.00 e. The third kappa shape index (κ3) is 19100. The van der Waals surface area contributed by atoms with Gasteiger partial charge in [0.25, 0.3) is 0 Å². The van der Waals surface area contributed by atoms with Gasteiger partial charge in [0.15, 0.2) is 0 Å². The van der Waals surface area contributed by atoms with Crippen LogP contribution in [0.2, 0.25) is 0 Å². The van der Waals surface area contributed by atoms with Gasteiger partial charge in [-0.3, -0.25) is 0 Å². The second-order valence-electron chi connectivity index (χ2n) is 0. The third-order valence-electron chi connectivity index (χ3n) is 0. The molecule has 0 aliphatic heterocycles. The van der Waals surface area contributed by atoms with Crippen molar-refractivity contribution in [1.82, 2.24) is 36.9 Å². The average Bonchev–Trinajstić information content (AvgIpc) is 0. The van der Waals surface area contributed by atoms with Crippen molar-refractivity contribution in [3.05, 3.63) is 0 Å². The molecule has 0 atom stereocenters. The number of rotatable bonds is 0. The Labute approximate surface area is 64.0 Å². The van der Waals surface area contributed by atoms with Gasteiger partial charge in [0.2, 0.25) is 0 Å². The molecule has 0 fully saturated rings. The largest absolute Gasteiger partial charge is 2.00 e. The van der Waals surface area contributed by atoms with Gasteiger partial charge < -0.3 is 46.3 Å². The summed E-state index contributed by atoms with van der Waals surface area (Å²) in [7, 11) is 0. The van der Waals surface area contributed by atoms with E-state index in [1.54, 1.807) is 0 Å². The second kappa shape index (κ2) is 25800. The topological polar surface area (TPSA) is 210 Å². The Hall–Kier alpha value is 0.126. The van der Waals surface area contributed by atoms with E-state index in [0.29, 0.717) is 0 Å². The molecule has 9 heteroatoms. The van der Waals surface area contributed by atoms with E-state index >= 15 is 0 Å². The van der Waals surface area contributed by atoms with Crippen LogP contribution >= 0.6 is 0 Å². The molecule has 0 aliphatic carbocycles. The summed E-state index contributed by atoms with van der Waals surface area (Å²) in [5.41, 5.74) is 0. The molecule has 0 rings (SSSR count). The minimum Gasteiger partial charge on any atom is -1.00 e. The monoisotopic (exact) mass is 199 g/mol. The standard InChI is InChI=1S/Co.2FH.6H3N/h;2*1H;6*1H3/q+2;;;;;;;;/p-2. The summed E-state index contributed by atoms with van der Waals surface area (Å²) in [4.78, 5) is 0. The maximum atomic E-state index is 0. The van der Waals surface area contributed by atoms with Crippen molar-refractivity contribution in [2.45, 2.75) is 0 Å². The molecule has 0 amide bonds. The third-order valence-corrected chi connectivity index (χ3v) is 0. The van der Waals surface area contributed by atoms with Gasteiger partial charge in [-0.05, 0) is 0 Å². The fraction of sp³-hybridized carbons (Fsp3) is 0. The first kappa shape index (κ1) is 37700. The van der Waals surface area contributed by atoms with Crippen LogP contribution in [0.1, 0.15) is 0 Å². The van der Waals surface area contributed by atoms with Gasteiger partial charge in [0.1, 0.15) is 0 Å². The molecule has 6 nitrogen and oxygen atoms in total. The van der Waals surface area contributed by atoms with Crippen molar-refractivity contribution in [3.8, 4) is 0 Å². The zero-order chi connectivity index (χ0) is 0. The first-order valence-electron chi connectivity index (χ1n) is 0. The predicted octanol–water partition coefficient (Wildman–Crippen LogP) is -5.02. The first-order valence-corrected chi connectivity index (χ1v) is 0. The van der Waals surface area contributed by atoms with E-state index in [1.807, 2.05) is 0 Å². The summed E-state index contributed by atoms with van der Waals surface area (Å²) < 4.78 is 0. The van der Waals surface area contributed by atoms with Crippen LogP contribution in [0.25, 0.3) is 0 Å². The van der Waals surface area contributed by atoms with Gasteiger partial charge in [-0.25, -0.2) is 0 Å². The van der Waals surface area contributed by atoms with Crippen molar-refractivity contribution < 1.29 is 26.2 Å². The van der Waals surface area contributed by atoms with Crippen LogP contribution in [0, 0.1) is 0 Å². The normalized spacial score (nSPS) is 0. The summed E-state index contributed by atoms with van der Waals surface area (Å²) in [6.07, 6.45) is 0. The molecular weight excluding hydrogens is 181 g/mol. The quantitative estimate of drug-likeness (QED) is 0.224. The van der Waals surface area contributed by atoms with Gasteiger partial charge in [-0.1, -0.05) is 0 Å². The molecule has 71 valence electrons. The number of hydrogen-bond donors (Lipinski definition) is 6. The summed E-state index contributed by atoms with van der Waals surface area (Å²) in [6, 6.07) is 0. The molecule has 0 saturated heterocycles. The van der Waals surface area contributed by atoms with Crippen LogP contribution in [-0.2, 0) is 16.8 Å². The molecule has 9 heavy (non-hydrogen) atoms. The van der Waals surface area contributed by atoms with Crippen molar-refractivity contribution >= 4 is 0 Å². The molecule has 0 bridgehead atoms. The predicted molar refractivity (Wildman–Crippen MR) is 30.1 cm³/mol. The number of halogens is 2. The molecule has 0 saturated carbocycles. The van der Waals surface area contributed by atoms with Gasteiger partial charge in [0, 0.05) is 0 Å². The summed E-state index contributed by atoms with van der Waals surface area (Å²) >= 11 is 0. The van der Waals surface area contributed by atoms with Crippen LogP contribution < -0.4 is 46.3 Å². The molecule has 0 heterocycles. The SMILES string of the molecule is N.N.N.N.N.N.[Co+2].[F-].[F-]. The Morgan fingerprint density at radius 1 is 0.333 bits per heavy atom. The molecule has 0 aromatic rings. The van der Waals surface area contributed by atoms with Crippen LogP contribution in [0.5, 0.6) is 0 Å². The number of hydrogen-bond acceptors (Lipinski definition) is 6. The van der Waals surface area contributed by atoms with Gasteiger partial charge >= 0.3 is 16.8 Å². The Bertz CT molecular complexity index is 11.0.